The van der Waals surface area contributed by atoms with Gasteiger partial charge in [0.15, 0.2) is 0 Å². The minimum absolute atomic E-state index is 0.0294. The lowest BCUT2D eigenvalue weighted by Gasteiger charge is -2.13. The number of nitrogens with zero attached hydrogens (tertiary/aromatic N) is 1. The molecule has 0 aliphatic carbocycles. The molecule has 0 aromatic heterocycles. The van der Waals surface area contributed by atoms with Crippen molar-refractivity contribution >= 4 is 28.5 Å². The van der Waals surface area contributed by atoms with Crippen molar-refractivity contribution in [1.82, 2.24) is 10.2 Å². The Balaban J connectivity index is 3.97. The highest BCUT2D eigenvalue weighted by molar-refractivity contribution is 14.1. The number of rotatable bonds is 5. The molecule has 0 unspecified atom stereocenters. The molecule has 0 aliphatic heterocycles. The van der Waals surface area contributed by atoms with Crippen molar-refractivity contribution in [2.24, 2.45) is 0 Å². The van der Waals surface area contributed by atoms with Crippen molar-refractivity contribution in [3.8, 4) is 0 Å². The SMILES string of the molecule is C=C(CN/C(I)=C\CC)C(=O)N(C)C. The normalized spacial score (nSPS) is 11.0. The molecule has 0 aromatic carbocycles. The Labute approximate surface area is 99.4 Å². The summed E-state index contributed by atoms with van der Waals surface area (Å²) in [7, 11) is 3.45. The van der Waals surface area contributed by atoms with Crippen molar-refractivity contribution in [1.29, 1.82) is 0 Å². The molecule has 0 heterocycles. The lowest BCUT2D eigenvalue weighted by molar-refractivity contribution is -0.124. The van der Waals surface area contributed by atoms with E-state index in [0.717, 1.165) is 10.1 Å². The van der Waals surface area contributed by atoms with Gasteiger partial charge in [0.1, 0.15) is 0 Å². The highest BCUT2D eigenvalue weighted by Gasteiger charge is 2.08. The van der Waals surface area contributed by atoms with Crippen molar-refractivity contribution < 1.29 is 4.79 Å². The number of hydrogen-bond donors (Lipinski definition) is 1. The highest BCUT2D eigenvalue weighted by atomic mass is 127. The summed E-state index contributed by atoms with van der Waals surface area (Å²) in [6, 6.07) is 0. The van der Waals surface area contributed by atoms with Gasteiger partial charge in [0.05, 0.1) is 3.70 Å². The summed E-state index contributed by atoms with van der Waals surface area (Å²) in [6.45, 7) is 6.30. The monoisotopic (exact) mass is 308 g/mol. The van der Waals surface area contributed by atoms with Crippen molar-refractivity contribution in [2.45, 2.75) is 13.3 Å². The van der Waals surface area contributed by atoms with Crippen LogP contribution in [0.25, 0.3) is 0 Å². The van der Waals surface area contributed by atoms with E-state index in [1.165, 1.54) is 4.90 Å². The molecular formula is C10H17IN2O. The lowest BCUT2D eigenvalue weighted by Crippen LogP contribution is -2.28. The van der Waals surface area contributed by atoms with Crippen LogP contribution in [-0.2, 0) is 4.79 Å². The Morgan fingerprint density at radius 2 is 2.14 bits per heavy atom. The van der Waals surface area contributed by atoms with Gasteiger partial charge in [0, 0.05) is 26.2 Å². The lowest BCUT2D eigenvalue weighted by atomic mass is 10.3. The maximum absolute atomic E-state index is 11.4. The number of nitrogens with one attached hydrogen (secondary N) is 1. The molecule has 0 atom stereocenters. The minimum atomic E-state index is -0.0294. The summed E-state index contributed by atoms with van der Waals surface area (Å²) in [4.78, 5) is 12.9. The van der Waals surface area contributed by atoms with Crippen LogP contribution in [0.2, 0.25) is 0 Å². The van der Waals surface area contributed by atoms with E-state index in [9.17, 15) is 4.79 Å². The van der Waals surface area contributed by atoms with E-state index in [1.54, 1.807) is 14.1 Å². The second-order valence-electron chi connectivity index (χ2n) is 3.12. The molecule has 80 valence electrons. The first kappa shape index (κ1) is 13.5. The largest absolute Gasteiger partial charge is 0.376 e. The van der Waals surface area contributed by atoms with Gasteiger partial charge in [-0.15, -0.1) is 0 Å². The molecule has 0 aliphatic rings. The Morgan fingerprint density at radius 3 is 2.57 bits per heavy atom. The van der Waals surface area contributed by atoms with Crippen molar-refractivity contribution in [3.63, 3.8) is 0 Å². The molecule has 0 fully saturated rings. The molecule has 0 saturated heterocycles. The van der Waals surface area contributed by atoms with E-state index in [1.807, 2.05) is 0 Å². The molecule has 0 rings (SSSR count). The quantitative estimate of drug-likeness (QED) is 0.478. The standard InChI is InChI=1S/C10H17IN2O/c1-5-6-9(11)12-7-8(2)10(14)13(3)4/h6,12H,2,5,7H2,1,3-4H3/b9-6-. The van der Waals surface area contributed by atoms with E-state index in [2.05, 4.69) is 47.5 Å². The molecule has 4 heteroatoms. The van der Waals surface area contributed by atoms with E-state index in [4.69, 9.17) is 0 Å². The zero-order valence-electron chi connectivity index (χ0n) is 8.93. The van der Waals surface area contributed by atoms with Gasteiger partial charge in [0.2, 0.25) is 5.91 Å². The third-order valence-electron chi connectivity index (χ3n) is 1.56. The van der Waals surface area contributed by atoms with E-state index in [0.29, 0.717) is 12.1 Å². The number of carbonyl (C=O) groups excluding carboxylic acids is 1. The molecule has 0 saturated carbocycles. The van der Waals surface area contributed by atoms with Gasteiger partial charge in [0.25, 0.3) is 0 Å². The summed E-state index contributed by atoms with van der Waals surface area (Å²) in [5.74, 6) is -0.0294. The van der Waals surface area contributed by atoms with Crippen LogP contribution in [0.4, 0.5) is 0 Å². The van der Waals surface area contributed by atoms with Gasteiger partial charge in [-0.2, -0.15) is 0 Å². The minimum Gasteiger partial charge on any atom is -0.376 e. The molecule has 3 nitrogen and oxygen atoms in total. The fourth-order valence-electron chi connectivity index (χ4n) is 0.834. The Hall–Kier alpha value is -0.520. The zero-order valence-corrected chi connectivity index (χ0v) is 11.1. The number of amides is 1. The third kappa shape index (κ3) is 5.26. The third-order valence-corrected chi connectivity index (χ3v) is 2.38. The van der Waals surface area contributed by atoms with Gasteiger partial charge in [-0.1, -0.05) is 19.6 Å². The number of hydrogen-bond acceptors (Lipinski definition) is 2. The second-order valence-corrected chi connectivity index (χ2v) is 4.28. The number of halogens is 1. The molecule has 1 amide bonds. The summed E-state index contributed by atoms with van der Waals surface area (Å²) >= 11 is 2.20. The van der Waals surface area contributed by atoms with Gasteiger partial charge in [-0.25, -0.2) is 0 Å². The molecular weight excluding hydrogens is 291 g/mol. The first-order chi connectivity index (χ1) is 6.49. The fraction of sp³-hybridized carbons (Fsp3) is 0.500. The van der Waals surface area contributed by atoms with Crippen LogP contribution in [0.1, 0.15) is 13.3 Å². The van der Waals surface area contributed by atoms with E-state index >= 15 is 0 Å². The Morgan fingerprint density at radius 1 is 1.57 bits per heavy atom. The van der Waals surface area contributed by atoms with Gasteiger partial charge < -0.3 is 10.2 Å². The average molecular weight is 308 g/mol. The van der Waals surface area contributed by atoms with E-state index < -0.39 is 0 Å². The van der Waals surface area contributed by atoms with Crippen LogP contribution in [0.3, 0.4) is 0 Å². The summed E-state index contributed by atoms with van der Waals surface area (Å²) in [5, 5.41) is 3.12. The van der Waals surface area contributed by atoms with Gasteiger partial charge in [-0.05, 0) is 29.0 Å². The molecule has 14 heavy (non-hydrogen) atoms. The number of carbonyl (C=O) groups is 1. The van der Waals surface area contributed by atoms with Crippen molar-refractivity contribution in [2.75, 3.05) is 20.6 Å². The second kappa shape index (κ2) is 6.86. The average Bonchev–Trinajstić information content (AvgIpc) is 2.13. The smallest absolute Gasteiger partial charge is 0.250 e. The molecule has 0 radical (unpaired) electrons. The topological polar surface area (TPSA) is 32.3 Å². The van der Waals surface area contributed by atoms with Crippen LogP contribution < -0.4 is 5.32 Å². The van der Waals surface area contributed by atoms with Gasteiger partial charge >= 0.3 is 0 Å². The Bertz CT molecular complexity index is 247. The highest BCUT2D eigenvalue weighted by Crippen LogP contribution is 2.03. The van der Waals surface area contributed by atoms with Crippen LogP contribution in [0.5, 0.6) is 0 Å². The predicted molar refractivity (Wildman–Crippen MR) is 68.2 cm³/mol. The molecule has 1 N–H and O–H groups in total. The van der Waals surface area contributed by atoms with Crippen LogP contribution >= 0.6 is 22.6 Å². The summed E-state index contributed by atoms with van der Waals surface area (Å²) in [5.41, 5.74) is 0.577. The maximum Gasteiger partial charge on any atom is 0.250 e. The number of likely N-dealkylation sites (N-methyl/N-ethyl adjacent to an activating group) is 1. The molecule has 0 spiro atoms. The molecule has 0 aromatic rings. The number of allylic oxidation sites excluding steroid dienone is 1. The maximum atomic E-state index is 11.4. The first-order valence-corrected chi connectivity index (χ1v) is 5.55. The predicted octanol–water partition coefficient (Wildman–Crippen LogP) is 1.91. The van der Waals surface area contributed by atoms with Gasteiger partial charge in [-0.3, -0.25) is 4.79 Å². The first-order valence-electron chi connectivity index (χ1n) is 4.48. The Kier molecular flexibility index (Phi) is 6.61. The zero-order chi connectivity index (χ0) is 11.1. The van der Waals surface area contributed by atoms with Crippen LogP contribution in [0, 0.1) is 0 Å². The fourth-order valence-corrected chi connectivity index (χ4v) is 1.47. The van der Waals surface area contributed by atoms with Crippen LogP contribution in [0.15, 0.2) is 21.9 Å². The molecule has 0 bridgehead atoms. The van der Waals surface area contributed by atoms with Crippen LogP contribution in [-0.4, -0.2) is 31.4 Å². The van der Waals surface area contributed by atoms with E-state index in [-0.39, 0.29) is 5.91 Å². The van der Waals surface area contributed by atoms with Crippen molar-refractivity contribution in [3.05, 3.63) is 21.9 Å². The summed E-state index contributed by atoms with van der Waals surface area (Å²) < 4.78 is 1.05. The summed E-state index contributed by atoms with van der Waals surface area (Å²) in [6.07, 6.45) is 3.05.